The molecule has 0 saturated carbocycles. The van der Waals surface area contributed by atoms with E-state index < -0.39 is 11.7 Å². The average molecular weight is 355 g/mol. The Morgan fingerprint density at radius 2 is 2.42 bits per heavy atom. The van der Waals surface area contributed by atoms with Gasteiger partial charge in [-0.15, -0.1) is 0 Å². The normalized spacial score (nSPS) is 27.4. The number of nitrogens with zero attached hydrogens (tertiary/aromatic N) is 1. The van der Waals surface area contributed by atoms with Crippen molar-refractivity contribution in [3.8, 4) is 5.75 Å². The Hall–Kier alpha value is -1.34. The summed E-state index contributed by atoms with van der Waals surface area (Å²) < 4.78 is 10.9. The first-order valence-corrected chi connectivity index (χ1v) is 8.58. The summed E-state index contributed by atoms with van der Waals surface area (Å²) in [5.41, 5.74) is 0.136. The summed E-state index contributed by atoms with van der Waals surface area (Å²) in [4.78, 5) is 14.3. The molecule has 24 heavy (non-hydrogen) atoms. The molecule has 0 aliphatic carbocycles. The van der Waals surface area contributed by atoms with Crippen LogP contribution in [0.15, 0.2) is 18.2 Å². The van der Waals surface area contributed by atoms with E-state index in [0.717, 1.165) is 12.8 Å². The molecule has 2 saturated heterocycles. The molecule has 2 heterocycles. The lowest BCUT2D eigenvalue weighted by Gasteiger charge is -2.42. The minimum atomic E-state index is -0.498. The highest BCUT2D eigenvalue weighted by atomic mass is 35.5. The zero-order valence-electron chi connectivity index (χ0n) is 13.8. The van der Waals surface area contributed by atoms with E-state index in [1.807, 2.05) is 4.90 Å². The third-order valence-electron chi connectivity index (χ3n) is 4.75. The number of piperidine rings is 1. The number of methoxy groups -OCH3 is 1. The Morgan fingerprint density at radius 3 is 3.08 bits per heavy atom. The van der Waals surface area contributed by atoms with Gasteiger partial charge in [0.2, 0.25) is 5.91 Å². The molecular weight excluding hydrogens is 332 g/mol. The van der Waals surface area contributed by atoms with Gasteiger partial charge in [0, 0.05) is 25.4 Å². The molecule has 2 aliphatic rings. The van der Waals surface area contributed by atoms with Crippen molar-refractivity contribution in [2.45, 2.75) is 31.0 Å². The molecule has 1 spiro atoms. The molecule has 0 bridgehead atoms. The monoisotopic (exact) mass is 354 g/mol. The number of benzene rings is 1. The highest BCUT2D eigenvalue weighted by Gasteiger charge is 2.46. The number of hydrogen-bond donors (Lipinski definition) is 2. The average Bonchev–Trinajstić information content (AvgIpc) is 3.00. The Morgan fingerprint density at radius 1 is 1.58 bits per heavy atom. The molecule has 1 aromatic rings. The number of carbonyl (C=O) groups is 1. The van der Waals surface area contributed by atoms with Crippen LogP contribution in [0.5, 0.6) is 5.75 Å². The van der Waals surface area contributed by atoms with E-state index in [4.69, 9.17) is 21.1 Å². The van der Waals surface area contributed by atoms with Gasteiger partial charge in [0.1, 0.15) is 11.4 Å². The Bertz CT molecular complexity index is 604. The first-order chi connectivity index (χ1) is 11.5. The van der Waals surface area contributed by atoms with Crippen LogP contribution in [-0.2, 0) is 9.53 Å². The van der Waals surface area contributed by atoms with E-state index in [1.165, 1.54) is 0 Å². The van der Waals surface area contributed by atoms with Gasteiger partial charge < -0.3 is 19.9 Å². The lowest BCUT2D eigenvalue weighted by molar-refractivity contribution is -0.137. The Labute approximate surface area is 146 Å². The van der Waals surface area contributed by atoms with Gasteiger partial charge in [0.15, 0.2) is 0 Å². The minimum absolute atomic E-state index is 0.110. The van der Waals surface area contributed by atoms with E-state index in [9.17, 15) is 9.90 Å². The van der Waals surface area contributed by atoms with Gasteiger partial charge in [0.05, 0.1) is 24.8 Å². The highest BCUT2D eigenvalue weighted by molar-refractivity contribution is 6.32. The number of likely N-dealkylation sites (tertiary alicyclic amines) is 1. The zero-order chi connectivity index (χ0) is 17.2. The summed E-state index contributed by atoms with van der Waals surface area (Å²) in [7, 11) is 1.55. The van der Waals surface area contributed by atoms with E-state index in [-0.39, 0.29) is 12.5 Å². The molecular formula is C17H23ClN2O4. The number of anilines is 1. The van der Waals surface area contributed by atoms with Gasteiger partial charge in [-0.3, -0.25) is 9.69 Å². The van der Waals surface area contributed by atoms with Crippen LogP contribution in [-0.4, -0.2) is 61.0 Å². The first kappa shape index (κ1) is 17.5. The second kappa shape index (κ2) is 7.27. The summed E-state index contributed by atoms with van der Waals surface area (Å²) in [5, 5.41) is 13.5. The maximum atomic E-state index is 12.3. The lowest BCUT2D eigenvalue weighted by atomic mass is 9.87. The largest absolute Gasteiger partial charge is 0.495 e. The fraction of sp³-hybridized carbons (Fsp3) is 0.588. The topological polar surface area (TPSA) is 71.0 Å². The second-order valence-electron chi connectivity index (χ2n) is 6.43. The predicted octanol–water partition coefficient (Wildman–Crippen LogP) is 1.90. The maximum absolute atomic E-state index is 12.3. The minimum Gasteiger partial charge on any atom is -0.495 e. The lowest BCUT2D eigenvalue weighted by Crippen LogP contribution is -2.57. The molecule has 0 radical (unpaired) electrons. The van der Waals surface area contributed by atoms with Crippen molar-refractivity contribution in [2.75, 3.05) is 38.7 Å². The summed E-state index contributed by atoms with van der Waals surface area (Å²) >= 11 is 6.07. The smallest absolute Gasteiger partial charge is 0.238 e. The highest BCUT2D eigenvalue weighted by Crippen LogP contribution is 2.34. The van der Waals surface area contributed by atoms with Gasteiger partial charge in [0.25, 0.3) is 0 Å². The number of amides is 1. The zero-order valence-corrected chi connectivity index (χ0v) is 14.5. The van der Waals surface area contributed by atoms with E-state index >= 15 is 0 Å². The van der Waals surface area contributed by atoms with Crippen molar-refractivity contribution in [3.63, 3.8) is 0 Å². The van der Waals surface area contributed by atoms with Crippen molar-refractivity contribution < 1.29 is 19.4 Å². The molecule has 6 nitrogen and oxygen atoms in total. The number of hydrogen-bond acceptors (Lipinski definition) is 5. The SMILES string of the molecule is COc1ccc(NC(=O)CN2CC[C@H](O)[C@]3(CCCO3)C2)cc1Cl. The van der Waals surface area contributed by atoms with Crippen molar-refractivity contribution in [3.05, 3.63) is 23.2 Å². The number of ether oxygens (including phenoxy) is 2. The van der Waals surface area contributed by atoms with Crippen molar-refractivity contribution in [1.29, 1.82) is 0 Å². The van der Waals surface area contributed by atoms with E-state index in [0.29, 0.717) is 42.6 Å². The van der Waals surface area contributed by atoms with E-state index in [2.05, 4.69) is 5.32 Å². The van der Waals surface area contributed by atoms with E-state index in [1.54, 1.807) is 25.3 Å². The fourth-order valence-electron chi connectivity index (χ4n) is 3.52. The van der Waals surface area contributed by atoms with Crippen LogP contribution in [0.25, 0.3) is 0 Å². The van der Waals surface area contributed by atoms with Crippen molar-refractivity contribution in [1.82, 2.24) is 4.90 Å². The number of aliphatic hydroxyl groups is 1. The molecule has 1 amide bonds. The third-order valence-corrected chi connectivity index (χ3v) is 5.05. The molecule has 1 aromatic carbocycles. The van der Waals surface area contributed by atoms with Crippen LogP contribution in [0.4, 0.5) is 5.69 Å². The number of nitrogens with one attached hydrogen (secondary N) is 1. The van der Waals surface area contributed by atoms with Crippen LogP contribution >= 0.6 is 11.6 Å². The summed E-state index contributed by atoms with van der Waals surface area (Å²) in [6.45, 7) is 2.22. The molecule has 2 fully saturated rings. The number of halogens is 1. The third kappa shape index (κ3) is 3.67. The van der Waals surface area contributed by atoms with Gasteiger partial charge >= 0.3 is 0 Å². The second-order valence-corrected chi connectivity index (χ2v) is 6.84. The Kier molecular flexibility index (Phi) is 5.30. The predicted molar refractivity (Wildman–Crippen MR) is 91.6 cm³/mol. The molecule has 7 heteroatoms. The summed E-state index contributed by atoms with van der Waals surface area (Å²) in [6.07, 6.45) is 1.99. The molecule has 132 valence electrons. The standard InChI is InChI=1S/C17H23ClN2O4/c1-23-14-4-3-12(9-13(14)18)19-16(22)10-20-7-5-15(21)17(11-20)6-2-8-24-17/h3-4,9,15,21H,2,5-8,10-11H2,1H3,(H,19,22)/t15-,17-/m0/s1. The van der Waals surface area contributed by atoms with Crippen LogP contribution < -0.4 is 10.1 Å². The molecule has 0 aromatic heterocycles. The Balaban J connectivity index is 1.58. The quantitative estimate of drug-likeness (QED) is 0.864. The number of carbonyl (C=O) groups excluding carboxylic acids is 1. The van der Waals surface area contributed by atoms with Gasteiger partial charge in [-0.1, -0.05) is 11.6 Å². The van der Waals surface area contributed by atoms with Gasteiger partial charge in [-0.25, -0.2) is 0 Å². The maximum Gasteiger partial charge on any atom is 0.238 e. The van der Waals surface area contributed by atoms with Gasteiger partial charge in [-0.05, 0) is 37.5 Å². The molecule has 0 unspecified atom stereocenters. The van der Waals surface area contributed by atoms with Crippen molar-refractivity contribution in [2.24, 2.45) is 0 Å². The summed E-state index contributed by atoms with van der Waals surface area (Å²) in [6, 6.07) is 5.14. The van der Waals surface area contributed by atoms with Crippen LogP contribution in [0.3, 0.4) is 0 Å². The van der Waals surface area contributed by atoms with Crippen molar-refractivity contribution >= 4 is 23.2 Å². The summed E-state index contributed by atoms with van der Waals surface area (Å²) in [5.74, 6) is 0.459. The van der Waals surface area contributed by atoms with Crippen LogP contribution in [0.1, 0.15) is 19.3 Å². The van der Waals surface area contributed by atoms with Crippen LogP contribution in [0, 0.1) is 0 Å². The molecule has 2 atom stereocenters. The molecule has 2 N–H and O–H groups in total. The first-order valence-electron chi connectivity index (χ1n) is 8.20. The molecule has 3 rings (SSSR count). The number of aliphatic hydroxyl groups excluding tert-OH is 1. The van der Waals surface area contributed by atoms with Crippen LogP contribution in [0.2, 0.25) is 5.02 Å². The van der Waals surface area contributed by atoms with Gasteiger partial charge in [-0.2, -0.15) is 0 Å². The molecule has 2 aliphatic heterocycles. The number of rotatable bonds is 4. The fourth-order valence-corrected chi connectivity index (χ4v) is 3.78.